The summed E-state index contributed by atoms with van der Waals surface area (Å²) in [5.74, 6) is 0.568. The number of anilines is 2. The zero-order chi connectivity index (χ0) is 17.1. The molecule has 126 valence electrons. The molecule has 0 radical (unpaired) electrons. The van der Waals surface area contributed by atoms with E-state index in [1.165, 1.54) is 0 Å². The van der Waals surface area contributed by atoms with E-state index in [1.807, 2.05) is 23.1 Å². The van der Waals surface area contributed by atoms with Crippen molar-refractivity contribution in [3.8, 4) is 5.75 Å². The van der Waals surface area contributed by atoms with Crippen molar-refractivity contribution in [2.75, 3.05) is 29.9 Å². The predicted octanol–water partition coefficient (Wildman–Crippen LogP) is 3.23. The molecule has 2 N–H and O–H groups in total. The fourth-order valence-corrected chi connectivity index (χ4v) is 2.91. The number of nitrogens with zero attached hydrogens (tertiary/aromatic N) is 1. The van der Waals surface area contributed by atoms with Gasteiger partial charge in [-0.25, -0.2) is 0 Å². The smallest absolute Gasteiger partial charge is 0.243 e. The molecule has 0 aliphatic carbocycles. The van der Waals surface area contributed by atoms with Gasteiger partial charge in [0.1, 0.15) is 12.4 Å². The van der Waals surface area contributed by atoms with E-state index in [-0.39, 0.29) is 12.5 Å². The maximum Gasteiger partial charge on any atom is 0.243 e. The van der Waals surface area contributed by atoms with Gasteiger partial charge in [-0.1, -0.05) is 29.8 Å². The molecule has 1 atom stereocenters. The Hall–Kier alpha value is -2.24. The number of rotatable bonds is 4. The Bertz CT molecular complexity index is 749. The monoisotopic (exact) mass is 346 g/mol. The minimum absolute atomic E-state index is 0.157. The number of amides is 1. The van der Waals surface area contributed by atoms with Gasteiger partial charge < -0.3 is 20.1 Å². The number of nitrogens with one attached hydrogen (secondary N) is 1. The van der Waals surface area contributed by atoms with Crippen molar-refractivity contribution < 1.29 is 14.6 Å². The summed E-state index contributed by atoms with van der Waals surface area (Å²) in [6, 6.07) is 12.6. The van der Waals surface area contributed by atoms with Gasteiger partial charge in [-0.05, 0) is 31.2 Å². The van der Waals surface area contributed by atoms with Gasteiger partial charge in [0.2, 0.25) is 5.91 Å². The normalized spacial score (nSPS) is 14.5. The number of para-hydroxylation sites is 1. The SMILES string of the molecule is CC(O)c1ccccc1NC(=O)CN1CCOc2ccc(Cl)cc21. The lowest BCUT2D eigenvalue weighted by atomic mass is 10.1. The fourth-order valence-electron chi connectivity index (χ4n) is 2.75. The molecule has 2 aromatic carbocycles. The molecule has 1 heterocycles. The summed E-state index contributed by atoms with van der Waals surface area (Å²) >= 11 is 6.05. The van der Waals surface area contributed by atoms with Crippen LogP contribution in [0.2, 0.25) is 5.02 Å². The number of fused-ring (bicyclic) bond motifs is 1. The van der Waals surface area contributed by atoms with Crippen molar-refractivity contribution in [2.45, 2.75) is 13.0 Å². The number of hydrogen-bond acceptors (Lipinski definition) is 4. The van der Waals surface area contributed by atoms with Gasteiger partial charge in [0.15, 0.2) is 0 Å². The number of halogens is 1. The molecular weight excluding hydrogens is 328 g/mol. The van der Waals surface area contributed by atoms with Gasteiger partial charge in [-0.2, -0.15) is 0 Å². The third-order valence-corrected chi connectivity index (χ3v) is 4.13. The van der Waals surface area contributed by atoms with Gasteiger partial charge in [-0.15, -0.1) is 0 Å². The summed E-state index contributed by atoms with van der Waals surface area (Å²) in [5.41, 5.74) is 2.13. The molecule has 6 heteroatoms. The van der Waals surface area contributed by atoms with Crippen molar-refractivity contribution in [3.05, 3.63) is 53.1 Å². The van der Waals surface area contributed by atoms with Gasteiger partial charge in [0.05, 0.1) is 24.9 Å². The number of carbonyl (C=O) groups excluding carboxylic acids is 1. The third kappa shape index (κ3) is 3.63. The second-order valence-corrected chi connectivity index (χ2v) is 6.13. The topological polar surface area (TPSA) is 61.8 Å². The zero-order valence-corrected chi connectivity index (χ0v) is 14.1. The summed E-state index contributed by atoms with van der Waals surface area (Å²) in [6.45, 7) is 2.99. The largest absolute Gasteiger partial charge is 0.490 e. The lowest BCUT2D eigenvalue weighted by molar-refractivity contribution is -0.115. The van der Waals surface area contributed by atoms with Crippen LogP contribution in [0, 0.1) is 0 Å². The summed E-state index contributed by atoms with van der Waals surface area (Å²) in [6.07, 6.45) is -0.649. The van der Waals surface area contributed by atoms with Gasteiger partial charge in [0, 0.05) is 16.3 Å². The van der Waals surface area contributed by atoms with E-state index < -0.39 is 6.10 Å². The average molecular weight is 347 g/mol. The Morgan fingerprint density at radius 2 is 2.17 bits per heavy atom. The molecule has 0 saturated carbocycles. The van der Waals surface area contributed by atoms with Crippen molar-refractivity contribution in [1.82, 2.24) is 0 Å². The maximum atomic E-state index is 12.4. The molecule has 0 spiro atoms. The second kappa shape index (κ2) is 7.11. The maximum absolute atomic E-state index is 12.4. The summed E-state index contributed by atoms with van der Waals surface area (Å²) < 4.78 is 5.59. The van der Waals surface area contributed by atoms with Gasteiger partial charge in [-0.3, -0.25) is 4.79 Å². The van der Waals surface area contributed by atoms with E-state index in [2.05, 4.69) is 5.32 Å². The first kappa shape index (κ1) is 16.6. The molecule has 0 fully saturated rings. The van der Waals surface area contributed by atoms with Crippen LogP contribution in [0.5, 0.6) is 5.75 Å². The molecule has 1 aliphatic rings. The highest BCUT2D eigenvalue weighted by Gasteiger charge is 2.21. The van der Waals surface area contributed by atoms with Crippen LogP contribution in [0.4, 0.5) is 11.4 Å². The van der Waals surface area contributed by atoms with Crippen molar-refractivity contribution >= 4 is 28.9 Å². The van der Waals surface area contributed by atoms with Crippen molar-refractivity contribution in [2.24, 2.45) is 0 Å². The van der Waals surface area contributed by atoms with Crippen LogP contribution in [0.1, 0.15) is 18.6 Å². The minimum Gasteiger partial charge on any atom is -0.490 e. The Morgan fingerprint density at radius 1 is 1.38 bits per heavy atom. The highest BCUT2D eigenvalue weighted by Crippen LogP contribution is 2.33. The fraction of sp³-hybridized carbons (Fsp3) is 0.278. The van der Waals surface area contributed by atoms with Crippen LogP contribution in [-0.4, -0.2) is 30.7 Å². The highest BCUT2D eigenvalue weighted by molar-refractivity contribution is 6.31. The Morgan fingerprint density at radius 3 is 2.96 bits per heavy atom. The molecule has 5 nitrogen and oxygen atoms in total. The number of ether oxygens (including phenoxy) is 1. The summed E-state index contributed by atoms with van der Waals surface area (Å²) in [4.78, 5) is 14.4. The zero-order valence-electron chi connectivity index (χ0n) is 13.3. The molecule has 0 aromatic heterocycles. The van der Waals surface area contributed by atoms with E-state index >= 15 is 0 Å². The first-order chi connectivity index (χ1) is 11.5. The van der Waals surface area contributed by atoms with Crippen LogP contribution >= 0.6 is 11.6 Å². The molecular formula is C18H19ClN2O3. The number of carbonyl (C=O) groups is 1. The molecule has 1 amide bonds. The molecule has 1 aliphatic heterocycles. The molecule has 1 unspecified atom stereocenters. The Balaban J connectivity index is 1.74. The van der Waals surface area contributed by atoms with E-state index in [1.54, 1.807) is 31.2 Å². The van der Waals surface area contributed by atoms with Gasteiger partial charge >= 0.3 is 0 Å². The van der Waals surface area contributed by atoms with E-state index in [0.29, 0.717) is 29.4 Å². The minimum atomic E-state index is -0.649. The van der Waals surface area contributed by atoms with E-state index in [0.717, 1.165) is 11.4 Å². The molecule has 0 saturated heterocycles. The number of aliphatic hydroxyl groups excluding tert-OH is 1. The Kier molecular flexibility index (Phi) is 4.92. The average Bonchev–Trinajstić information content (AvgIpc) is 2.55. The lowest BCUT2D eigenvalue weighted by Gasteiger charge is -2.30. The Labute approximate surface area is 145 Å². The van der Waals surface area contributed by atoms with Crippen LogP contribution in [0.25, 0.3) is 0 Å². The van der Waals surface area contributed by atoms with E-state index in [4.69, 9.17) is 16.3 Å². The number of benzene rings is 2. The summed E-state index contributed by atoms with van der Waals surface area (Å²) in [5, 5.41) is 13.3. The third-order valence-electron chi connectivity index (χ3n) is 3.90. The van der Waals surface area contributed by atoms with Crippen molar-refractivity contribution in [1.29, 1.82) is 0 Å². The predicted molar refractivity (Wildman–Crippen MR) is 94.9 cm³/mol. The highest BCUT2D eigenvalue weighted by atomic mass is 35.5. The van der Waals surface area contributed by atoms with E-state index in [9.17, 15) is 9.90 Å². The van der Waals surface area contributed by atoms with Gasteiger partial charge in [0.25, 0.3) is 0 Å². The quantitative estimate of drug-likeness (QED) is 0.892. The first-order valence-electron chi connectivity index (χ1n) is 7.79. The molecule has 24 heavy (non-hydrogen) atoms. The van der Waals surface area contributed by atoms with Crippen LogP contribution in [-0.2, 0) is 4.79 Å². The first-order valence-corrected chi connectivity index (χ1v) is 8.16. The number of aliphatic hydroxyl groups is 1. The molecule has 0 bridgehead atoms. The molecule has 3 rings (SSSR count). The van der Waals surface area contributed by atoms with Crippen molar-refractivity contribution in [3.63, 3.8) is 0 Å². The standard InChI is InChI=1S/C18H19ClN2O3/c1-12(22)14-4-2-3-5-15(14)20-18(23)11-21-8-9-24-17-7-6-13(19)10-16(17)21/h2-7,10,12,22H,8-9,11H2,1H3,(H,20,23). The van der Waals surface area contributed by atoms with Crippen LogP contribution < -0.4 is 15.0 Å². The second-order valence-electron chi connectivity index (χ2n) is 5.69. The van der Waals surface area contributed by atoms with Crippen LogP contribution in [0.15, 0.2) is 42.5 Å². The summed E-state index contributed by atoms with van der Waals surface area (Å²) in [7, 11) is 0. The molecule has 2 aromatic rings. The van der Waals surface area contributed by atoms with Crippen LogP contribution in [0.3, 0.4) is 0 Å². The lowest BCUT2D eigenvalue weighted by Crippen LogP contribution is -2.38. The number of hydrogen-bond donors (Lipinski definition) is 2.